The number of benzene rings is 1. The topological polar surface area (TPSA) is 12.0 Å². The largest absolute Gasteiger partial charge is 0.385 e. The van der Waals surface area contributed by atoms with E-state index in [0.717, 1.165) is 13.0 Å². The molecule has 1 aromatic rings. The van der Waals surface area contributed by atoms with Gasteiger partial charge in [0, 0.05) is 12.2 Å². The van der Waals surface area contributed by atoms with E-state index in [1.165, 1.54) is 16.8 Å². The van der Waals surface area contributed by atoms with Crippen LogP contribution in [-0.4, -0.2) is 6.54 Å². The van der Waals surface area contributed by atoms with Crippen molar-refractivity contribution in [1.82, 2.24) is 0 Å². The zero-order valence-corrected chi connectivity index (χ0v) is 8.43. The second kappa shape index (κ2) is 4.70. The SMILES string of the molecule is C=C(C)CCNc1ccccc1C. The highest BCUT2D eigenvalue weighted by atomic mass is 14.9. The summed E-state index contributed by atoms with van der Waals surface area (Å²) < 4.78 is 0. The maximum atomic E-state index is 3.87. The highest BCUT2D eigenvalue weighted by Gasteiger charge is 1.94. The Morgan fingerprint density at radius 2 is 2.08 bits per heavy atom. The van der Waals surface area contributed by atoms with Crippen LogP contribution in [0.5, 0.6) is 0 Å². The third kappa shape index (κ3) is 3.32. The van der Waals surface area contributed by atoms with Crippen LogP contribution in [-0.2, 0) is 0 Å². The van der Waals surface area contributed by atoms with Crippen molar-refractivity contribution in [3.05, 3.63) is 42.0 Å². The van der Waals surface area contributed by atoms with E-state index >= 15 is 0 Å². The summed E-state index contributed by atoms with van der Waals surface area (Å²) in [6.07, 6.45) is 1.04. The number of aryl methyl sites for hydroxylation is 1. The zero-order chi connectivity index (χ0) is 9.68. The lowest BCUT2D eigenvalue weighted by Crippen LogP contribution is -2.02. The van der Waals surface area contributed by atoms with Gasteiger partial charge in [-0.05, 0) is 31.9 Å². The molecule has 0 aliphatic carbocycles. The van der Waals surface area contributed by atoms with Gasteiger partial charge in [0.2, 0.25) is 0 Å². The summed E-state index contributed by atoms with van der Waals surface area (Å²) in [6, 6.07) is 8.33. The third-order valence-corrected chi connectivity index (χ3v) is 2.01. The van der Waals surface area contributed by atoms with Gasteiger partial charge in [0.25, 0.3) is 0 Å². The minimum atomic E-state index is 0.972. The van der Waals surface area contributed by atoms with Gasteiger partial charge in [-0.25, -0.2) is 0 Å². The second-order valence-corrected chi connectivity index (χ2v) is 3.45. The molecule has 0 aliphatic heterocycles. The molecule has 0 amide bonds. The number of rotatable bonds is 4. The van der Waals surface area contributed by atoms with Gasteiger partial charge in [0.1, 0.15) is 0 Å². The molecule has 1 N–H and O–H groups in total. The Morgan fingerprint density at radius 3 is 2.69 bits per heavy atom. The Bertz CT molecular complexity index is 289. The molecule has 0 bridgehead atoms. The Hall–Kier alpha value is -1.24. The third-order valence-electron chi connectivity index (χ3n) is 2.01. The van der Waals surface area contributed by atoms with E-state index < -0.39 is 0 Å². The van der Waals surface area contributed by atoms with Crippen LogP contribution in [0.25, 0.3) is 0 Å². The molecule has 0 saturated heterocycles. The molecular weight excluding hydrogens is 158 g/mol. The highest BCUT2D eigenvalue weighted by molar-refractivity contribution is 5.50. The number of anilines is 1. The average Bonchev–Trinajstić information content (AvgIpc) is 2.08. The van der Waals surface area contributed by atoms with Gasteiger partial charge in [-0.2, -0.15) is 0 Å². The first-order valence-electron chi connectivity index (χ1n) is 4.64. The van der Waals surface area contributed by atoms with Crippen LogP contribution in [0.3, 0.4) is 0 Å². The number of nitrogens with one attached hydrogen (secondary N) is 1. The molecule has 0 aliphatic rings. The van der Waals surface area contributed by atoms with E-state index in [2.05, 4.69) is 50.0 Å². The van der Waals surface area contributed by atoms with Crippen LogP contribution in [0.1, 0.15) is 18.9 Å². The monoisotopic (exact) mass is 175 g/mol. The van der Waals surface area contributed by atoms with E-state index in [1.807, 2.05) is 0 Å². The zero-order valence-electron chi connectivity index (χ0n) is 8.43. The molecule has 0 heterocycles. The molecule has 0 atom stereocenters. The van der Waals surface area contributed by atoms with Gasteiger partial charge in [-0.3, -0.25) is 0 Å². The summed E-state index contributed by atoms with van der Waals surface area (Å²) in [5.74, 6) is 0. The van der Waals surface area contributed by atoms with Crippen molar-refractivity contribution in [2.24, 2.45) is 0 Å². The van der Waals surface area contributed by atoms with E-state index in [1.54, 1.807) is 0 Å². The van der Waals surface area contributed by atoms with Crippen molar-refractivity contribution in [2.45, 2.75) is 20.3 Å². The number of para-hydroxylation sites is 1. The van der Waals surface area contributed by atoms with Crippen molar-refractivity contribution in [3.8, 4) is 0 Å². The van der Waals surface area contributed by atoms with Crippen LogP contribution in [0, 0.1) is 6.92 Å². The van der Waals surface area contributed by atoms with Crippen LogP contribution < -0.4 is 5.32 Å². The van der Waals surface area contributed by atoms with E-state index in [9.17, 15) is 0 Å². The summed E-state index contributed by atoms with van der Waals surface area (Å²) in [5, 5.41) is 3.38. The fourth-order valence-electron chi connectivity index (χ4n) is 1.18. The molecule has 1 rings (SSSR count). The molecule has 0 saturated carbocycles. The van der Waals surface area contributed by atoms with Crippen molar-refractivity contribution in [3.63, 3.8) is 0 Å². The molecule has 0 fully saturated rings. The Balaban J connectivity index is 2.45. The van der Waals surface area contributed by atoms with Crippen molar-refractivity contribution in [2.75, 3.05) is 11.9 Å². The molecule has 1 heteroatoms. The summed E-state index contributed by atoms with van der Waals surface area (Å²) in [5.41, 5.74) is 3.74. The van der Waals surface area contributed by atoms with Crippen molar-refractivity contribution in [1.29, 1.82) is 0 Å². The van der Waals surface area contributed by atoms with Gasteiger partial charge in [0.05, 0.1) is 0 Å². The molecule has 13 heavy (non-hydrogen) atoms. The molecule has 70 valence electrons. The van der Waals surface area contributed by atoms with Gasteiger partial charge < -0.3 is 5.32 Å². The number of hydrogen-bond acceptors (Lipinski definition) is 1. The fourth-order valence-corrected chi connectivity index (χ4v) is 1.18. The molecule has 0 spiro atoms. The van der Waals surface area contributed by atoms with Crippen LogP contribution in [0.4, 0.5) is 5.69 Å². The first-order chi connectivity index (χ1) is 6.20. The first-order valence-corrected chi connectivity index (χ1v) is 4.64. The van der Waals surface area contributed by atoms with E-state index in [0.29, 0.717) is 0 Å². The molecular formula is C12H17N. The molecule has 0 radical (unpaired) electrons. The summed E-state index contributed by atoms with van der Waals surface area (Å²) >= 11 is 0. The van der Waals surface area contributed by atoms with Crippen molar-refractivity contribution >= 4 is 5.69 Å². The van der Waals surface area contributed by atoms with E-state index in [4.69, 9.17) is 0 Å². The summed E-state index contributed by atoms with van der Waals surface area (Å²) in [4.78, 5) is 0. The number of hydrogen-bond donors (Lipinski definition) is 1. The van der Waals surface area contributed by atoms with Crippen LogP contribution in [0.15, 0.2) is 36.4 Å². The highest BCUT2D eigenvalue weighted by Crippen LogP contribution is 2.13. The van der Waals surface area contributed by atoms with Gasteiger partial charge in [0.15, 0.2) is 0 Å². The van der Waals surface area contributed by atoms with Crippen LogP contribution >= 0.6 is 0 Å². The van der Waals surface area contributed by atoms with Gasteiger partial charge in [-0.1, -0.05) is 23.8 Å². The van der Waals surface area contributed by atoms with Crippen LogP contribution in [0.2, 0.25) is 0 Å². The summed E-state index contributed by atoms with van der Waals surface area (Å²) in [7, 11) is 0. The Labute approximate surface area is 80.5 Å². The minimum absolute atomic E-state index is 0.972. The lowest BCUT2D eigenvalue weighted by atomic mass is 10.2. The second-order valence-electron chi connectivity index (χ2n) is 3.45. The Kier molecular flexibility index (Phi) is 3.56. The maximum Gasteiger partial charge on any atom is 0.0369 e. The molecule has 0 aromatic heterocycles. The predicted molar refractivity (Wildman–Crippen MR) is 59.1 cm³/mol. The lowest BCUT2D eigenvalue weighted by molar-refractivity contribution is 1.000. The molecule has 1 nitrogen and oxygen atoms in total. The smallest absolute Gasteiger partial charge is 0.0369 e. The average molecular weight is 175 g/mol. The Morgan fingerprint density at radius 1 is 1.38 bits per heavy atom. The van der Waals surface area contributed by atoms with Crippen molar-refractivity contribution < 1.29 is 0 Å². The fraction of sp³-hybridized carbons (Fsp3) is 0.333. The predicted octanol–water partition coefficient (Wildman–Crippen LogP) is 3.37. The first kappa shape index (κ1) is 9.85. The van der Waals surface area contributed by atoms with E-state index in [-0.39, 0.29) is 0 Å². The van der Waals surface area contributed by atoms with Gasteiger partial charge >= 0.3 is 0 Å². The quantitative estimate of drug-likeness (QED) is 0.692. The molecule has 0 unspecified atom stereocenters. The summed E-state index contributed by atoms with van der Waals surface area (Å²) in [6.45, 7) is 9.01. The maximum absolute atomic E-state index is 3.87. The standard InChI is InChI=1S/C12H17N/c1-10(2)8-9-13-12-7-5-4-6-11(12)3/h4-7,13H,1,8-9H2,2-3H3. The van der Waals surface area contributed by atoms with Gasteiger partial charge in [-0.15, -0.1) is 6.58 Å². The normalized spacial score (nSPS) is 9.69. The minimum Gasteiger partial charge on any atom is -0.385 e. The lowest BCUT2D eigenvalue weighted by Gasteiger charge is -2.08. The molecule has 1 aromatic carbocycles.